The van der Waals surface area contributed by atoms with E-state index in [4.69, 9.17) is 0 Å². The highest BCUT2D eigenvalue weighted by Crippen LogP contribution is 2.44. The molecule has 0 aliphatic carbocycles. The Morgan fingerprint density at radius 1 is 0.824 bits per heavy atom. The summed E-state index contributed by atoms with van der Waals surface area (Å²) in [6.07, 6.45) is 0. The second-order valence-electron chi connectivity index (χ2n) is 3.55. The fourth-order valence-electron chi connectivity index (χ4n) is 1.96. The van der Waals surface area contributed by atoms with Crippen LogP contribution in [-0.2, 0) is 0 Å². The van der Waals surface area contributed by atoms with Crippen LogP contribution in [0.15, 0.2) is 19.7 Å². The maximum absolute atomic E-state index is 4.43. The molecular weight excluding hydrogens is 404 g/mol. The number of aromatic nitrogens is 2. The van der Waals surface area contributed by atoms with Crippen molar-refractivity contribution in [3.63, 3.8) is 0 Å². The van der Waals surface area contributed by atoms with E-state index in [0.29, 0.717) is 0 Å². The predicted molar refractivity (Wildman–Crippen MR) is 83.6 cm³/mol. The van der Waals surface area contributed by atoms with Gasteiger partial charge < -0.3 is 0 Å². The van der Waals surface area contributed by atoms with E-state index in [2.05, 4.69) is 52.7 Å². The van der Waals surface area contributed by atoms with Gasteiger partial charge in [0, 0.05) is 10.8 Å². The largest absolute Gasteiger partial charge is 0.171 e. The van der Waals surface area contributed by atoms with E-state index in [-0.39, 0.29) is 0 Å². The lowest BCUT2D eigenvalue weighted by atomic mass is 10.1. The maximum Gasteiger partial charge on any atom is 0.124 e. The van der Waals surface area contributed by atoms with E-state index >= 15 is 0 Å². The molecule has 1 aromatic carbocycles. The lowest BCUT2D eigenvalue weighted by molar-refractivity contribution is 1.72. The van der Waals surface area contributed by atoms with Gasteiger partial charge in [0.05, 0.1) is 28.7 Å². The zero-order valence-corrected chi connectivity index (χ0v) is 13.7. The molecule has 4 rings (SSSR count). The first-order valence-corrected chi connectivity index (χ1v) is 8.61. The minimum atomic E-state index is 1.03. The first-order chi connectivity index (χ1) is 8.24. The quantitative estimate of drug-likeness (QED) is 0.378. The van der Waals surface area contributed by atoms with E-state index in [1.807, 2.05) is 0 Å². The maximum atomic E-state index is 4.43. The molecule has 0 N–H and O–H groups in total. The van der Waals surface area contributed by atoms with Crippen LogP contribution in [-0.4, -0.2) is 8.75 Å². The van der Waals surface area contributed by atoms with Gasteiger partial charge >= 0.3 is 0 Å². The normalized spacial score (nSPS) is 12.1. The number of hydrogen-bond acceptors (Lipinski definition) is 5. The fourth-order valence-corrected chi connectivity index (χ4v) is 5.84. The topological polar surface area (TPSA) is 25.8 Å². The monoisotopic (exact) mass is 404 g/mol. The molecule has 3 heterocycles. The Morgan fingerprint density at radius 3 is 1.76 bits per heavy atom. The Labute approximate surface area is 125 Å². The minimum absolute atomic E-state index is 1.03. The van der Waals surface area contributed by atoms with Crippen molar-refractivity contribution in [3.8, 4) is 0 Å². The van der Waals surface area contributed by atoms with Gasteiger partial charge in [-0.2, -0.15) is 8.75 Å². The zero-order valence-electron chi connectivity index (χ0n) is 8.03. The zero-order chi connectivity index (χ0) is 11.6. The summed E-state index contributed by atoms with van der Waals surface area (Å²) in [5.41, 5.74) is 2.06. The van der Waals surface area contributed by atoms with Crippen LogP contribution >= 0.6 is 66.3 Å². The van der Waals surface area contributed by atoms with E-state index in [1.165, 1.54) is 31.9 Å². The Balaban J connectivity index is 2.46. The van der Waals surface area contributed by atoms with E-state index < -0.39 is 0 Å². The Kier molecular flexibility index (Phi) is 2.36. The second kappa shape index (κ2) is 3.71. The van der Waals surface area contributed by atoms with Gasteiger partial charge in [-0.15, -0.1) is 22.7 Å². The summed E-state index contributed by atoms with van der Waals surface area (Å²) in [7, 11) is 0. The van der Waals surface area contributed by atoms with Gasteiger partial charge in [0.1, 0.15) is 11.0 Å². The highest BCUT2D eigenvalue weighted by Gasteiger charge is 2.16. The summed E-state index contributed by atoms with van der Waals surface area (Å²) >= 11 is 11.8. The molecule has 0 unspecified atom stereocenters. The van der Waals surface area contributed by atoms with Gasteiger partial charge in [-0.05, 0) is 44.0 Å². The Bertz CT molecular complexity index is 803. The lowest BCUT2D eigenvalue weighted by Gasteiger charge is -1.93. The van der Waals surface area contributed by atoms with Crippen molar-refractivity contribution < 1.29 is 0 Å². The molecule has 0 saturated heterocycles. The third kappa shape index (κ3) is 1.46. The van der Waals surface area contributed by atoms with Crippen molar-refractivity contribution in [3.05, 3.63) is 19.7 Å². The average Bonchev–Trinajstić information content (AvgIpc) is 2.91. The molecule has 17 heavy (non-hydrogen) atoms. The van der Waals surface area contributed by atoms with Crippen LogP contribution in [0.25, 0.3) is 31.2 Å². The van der Waals surface area contributed by atoms with Gasteiger partial charge in [-0.3, -0.25) is 0 Å². The summed E-state index contributed by atoms with van der Waals surface area (Å²) in [4.78, 5) is 0. The van der Waals surface area contributed by atoms with E-state index in [9.17, 15) is 0 Å². The third-order valence-corrected chi connectivity index (χ3v) is 6.43. The van der Waals surface area contributed by atoms with Gasteiger partial charge in [0.15, 0.2) is 0 Å². The van der Waals surface area contributed by atoms with Gasteiger partial charge in [0.2, 0.25) is 0 Å². The van der Waals surface area contributed by atoms with Crippen LogP contribution in [0.5, 0.6) is 0 Å². The number of hydrogen-bond donors (Lipinski definition) is 0. The number of thiophene rings is 2. The predicted octanol–water partition coefficient (Wildman–Crippen LogP) is 5.65. The lowest BCUT2D eigenvalue weighted by Crippen LogP contribution is -1.72. The molecule has 84 valence electrons. The van der Waals surface area contributed by atoms with Crippen molar-refractivity contribution in [2.75, 3.05) is 0 Å². The van der Waals surface area contributed by atoms with Gasteiger partial charge in [-0.1, -0.05) is 0 Å². The van der Waals surface area contributed by atoms with Gasteiger partial charge in [0.25, 0.3) is 0 Å². The summed E-state index contributed by atoms with van der Waals surface area (Å²) in [6, 6.07) is 4.33. The summed E-state index contributed by atoms with van der Waals surface area (Å²) < 4.78 is 13.6. The number of halogens is 2. The summed E-state index contributed by atoms with van der Waals surface area (Å²) in [5.74, 6) is 0. The highest BCUT2D eigenvalue weighted by molar-refractivity contribution is 9.11. The molecule has 3 aromatic heterocycles. The first kappa shape index (κ1) is 10.8. The molecule has 0 aliphatic heterocycles. The molecule has 0 fully saturated rings. The molecule has 4 aromatic rings. The molecule has 0 spiro atoms. The molecule has 0 bridgehead atoms. The van der Waals surface area contributed by atoms with Gasteiger partial charge in [-0.25, -0.2) is 0 Å². The molecule has 0 radical (unpaired) electrons. The minimum Gasteiger partial charge on any atom is -0.171 e. The number of fused-ring (bicyclic) bond motifs is 6. The average molecular weight is 406 g/mol. The van der Waals surface area contributed by atoms with Crippen LogP contribution in [0.3, 0.4) is 0 Å². The summed E-state index contributed by atoms with van der Waals surface area (Å²) in [5, 5.41) is 2.53. The van der Waals surface area contributed by atoms with E-state index in [0.717, 1.165) is 18.6 Å². The molecule has 7 heteroatoms. The highest BCUT2D eigenvalue weighted by atomic mass is 79.9. The fraction of sp³-hybridized carbons (Fsp3) is 0. The van der Waals surface area contributed by atoms with Crippen molar-refractivity contribution in [2.45, 2.75) is 0 Å². The molecule has 0 amide bonds. The summed E-state index contributed by atoms with van der Waals surface area (Å²) in [6.45, 7) is 0. The van der Waals surface area contributed by atoms with Crippen molar-refractivity contribution in [2.24, 2.45) is 0 Å². The number of benzene rings is 1. The van der Waals surface area contributed by atoms with E-state index in [1.54, 1.807) is 22.7 Å². The second-order valence-corrected chi connectivity index (χ2v) is 8.94. The number of rotatable bonds is 0. The van der Waals surface area contributed by atoms with Crippen LogP contribution in [0.2, 0.25) is 0 Å². The van der Waals surface area contributed by atoms with Crippen LogP contribution < -0.4 is 0 Å². The number of nitrogens with zero attached hydrogens (tertiary/aromatic N) is 2. The van der Waals surface area contributed by atoms with Crippen molar-refractivity contribution >= 4 is 97.5 Å². The van der Waals surface area contributed by atoms with Crippen molar-refractivity contribution in [1.29, 1.82) is 0 Å². The Morgan fingerprint density at radius 2 is 1.29 bits per heavy atom. The molecule has 0 atom stereocenters. The first-order valence-electron chi connectivity index (χ1n) is 4.66. The molecule has 2 nitrogen and oxygen atoms in total. The molecule has 0 aliphatic rings. The standard InChI is InChI=1S/C10H2Br2N2S3/c11-5-1-3-4-2-6(12)16-10(4)8-7(9(3)15-5)13-17-14-8/h1-2H. The SMILES string of the molecule is Brc1cc2c3cc(Br)sc3c3nsnc3c2s1. The molecule has 0 saturated carbocycles. The van der Waals surface area contributed by atoms with Crippen LogP contribution in [0.1, 0.15) is 0 Å². The Hall–Kier alpha value is -0.0800. The van der Waals surface area contributed by atoms with Crippen molar-refractivity contribution in [1.82, 2.24) is 8.75 Å². The smallest absolute Gasteiger partial charge is 0.124 e. The van der Waals surface area contributed by atoms with Crippen LogP contribution in [0, 0.1) is 0 Å². The molecular formula is C10H2Br2N2S3. The van der Waals surface area contributed by atoms with Crippen LogP contribution in [0.4, 0.5) is 0 Å². The third-order valence-electron chi connectivity index (χ3n) is 2.61.